The Bertz CT molecular complexity index is 545. The zero-order chi connectivity index (χ0) is 12.5. The SMILES string of the molecule is OCc1cccc2c1Sc1c(CO)cccc1S2. The van der Waals surface area contributed by atoms with Gasteiger partial charge in [-0.05, 0) is 23.3 Å². The number of rotatable bonds is 2. The fourth-order valence-corrected chi connectivity index (χ4v) is 4.53. The van der Waals surface area contributed by atoms with Gasteiger partial charge in [-0.25, -0.2) is 0 Å². The minimum Gasteiger partial charge on any atom is -0.392 e. The average Bonchev–Trinajstić information content (AvgIpc) is 2.43. The normalized spacial score (nSPS) is 13.0. The standard InChI is InChI=1S/C14H12O2S2/c15-7-9-3-1-5-11-13(9)18-14-10(8-16)4-2-6-12(14)17-11/h1-6,15-16H,7-8H2. The van der Waals surface area contributed by atoms with Gasteiger partial charge >= 0.3 is 0 Å². The van der Waals surface area contributed by atoms with E-state index in [-0.39, 0.29) is 13.2 Å². The van der Waals surface area contributed by atoms with Crippen LogP contribution in [0.2, 0.25) is 0 Å². The van der Waals surface area contributed by atoms with Crippen LogP contribution in [0.5, 0.6) is 0 Å². The van der Waals surface area contributed by atoms with Crippen LogP contribution in [-0.4, -0.2) is 10.2 Å². The maximum absolute atomic E-state index is 9.40. The molecule has 0 saturated heterocycles. The third-order valence-electron chi connectivity index (χ3n) is 2.89. The molecule has 1 aliphatic heterocycles. The van der Waals surface area contributed by atoms with Gasteiger partial charge in [0.25, 0.3) is 0 Å². The average molecular weight is 276 g/mol. The third kappa shape index (κ3) is 1.95. The van der Waals surface area contributed by atoms with Crippen molar-refractivity contribution >= 4 is 23.5 Å². The molecule has 0 bridgehead atoms. The largest absolute Gasteiger partial charge is 0.392 e. The molecule has 0 saturated carbocycles. The van der Waals surface area contributed by atoms with Crippen LogP contribution in [0, 0.1) is 0 Å². The summed E-state index contributed by atoms with van der Waals surface area (Å²) in [6.07, 6.45) is 0. The highest BCUT2D eigenvalue weighted by Gasteiger charge is 2.21. The second-order valence-corrected chi connectivity index (χ2v) is 6.11. The van der Waals surface area contributed by atoms with Crippen molar-refractivity contribution in [2.75, 3.05) is 0 Å². The molecule has 3 rings (SSSR count). The molecule has 2 aromatic rings. The van der Waals surface area contributed by atoms with Crippen LogP contribution < -0.4 is 0 Å². The summed E-state index contributed by atoms with van der Waals surface area (Å²) in [6.45, 7) is 0.0979. The molecule has 4 heteroatoms. The first kappa shape index (κ1) is 12.1. The number of aliphatic hydroxyl groups is 2. The molecule has 0 aromatic heterocycles. The van der Waals surface area contributed by atoms with Gasteiger partial charge in [0, 0.05) is 19.6 Å². The van der Waals surface area contributed by atoms with Crippen molar-refractivity contribution in [2.45, 2.75) is 32.8 Å². The Balaban J connectivity index is 2.12. The first-order valence-corrected chi connectivity index (χ1v) is 7.28. The first-order chi connectivity index (χ1) is 8.83. The van der Waals surface area contributed by atoms with Gasteiger partial charge in [-0.2, -0.15) is 0 Å². The van der Waals surface area contributed by atoms with Crippen molar-refractivity contribution in [3.63, 3.8) is 0 Å². The zero-order valence-electron chi connectivity index (χ0n) is 9.59. The maximum atomic E-state index is 9.40. The Hall–Kier alpha value is -0.940. The molecular formula is C14H12O2S2. The minimum atomic E-state index is 0.0490. The van der Waals surface area contributed by atoms with E-state index < -0.39 is 0 Å². The third-order valence-corrected chi connectivity index (χ3v) is 5.64. The van der Waals surface area contributed by atoms with E-state index in [0.29, 0.717) is 0 Å². The molecule has 0 unspecified atom stereocenters. The van der Waals surface area contributed by atoms with Crippen LogP contribution in [0.3, 0.4) is 0 Å². The van der Waals surface area contributed by atoms with Crippen molar-refractivity contribution in [3.8, 4) is 0 Å². The molecule has 2 N–H and O–H groups in total. The Kier molecular flexibility index (Phi) is 3.35. The maximum Gasteiger partial charge on any atom is 0.0693 e. The van der Waals surface area contributed by atoms with Gasteiger partial charge in [0.05, 0.1) is 13.2 Å². The summed E-state index contributed by atoms with van der Waals surface area (Å²) >= 11 is 3.34. The van der Waals surface area contributed by atoms with Crippen LogP contribution >= 0.6 is 23.5 Å². The van der Waals surface area contributed by atoms with E-state index >= 15 is 0 Å². The molecule has 1 heterocycles. The molecule has 0 amide bonds. The van der Waals surface area contributed by atoms with Gasteiger partial charge < -0.3 is 10.2 Å². The predicted octanol–water partition coefficient (Wildman–Crippen LogP) is 3.29. The predicted molar refractivity (Wildman–Crippen MR) is 73.0 cm³/mol. The fraction of sp³-hybridized carbons (Fsp3) is 0.143. The van der Waals surface area contributed by atoms with Crippen LogP contribution in [0.25, 0.3) is 0 Å². The summed E-state index contributed by atoms with van der Waals surface area (Å²) in [4.78, 5) is 4.57. The summed E-state index contributed by atoms with van der Waals surface area (Å²) < 4.78 is 0. The van der Waals surface area contributed by atoms with E-state index in [1.165, 1.54) is 9.79 Å². The van der Waals surface area contributed by atoms with Gasteiger partial charge in [0.2, 0.25) is 0 Å². The quantitative estimate of drug-likeness (QED) is 0.753. The van der Waals surface area contributed by atoms with Gasteiger partial charge in [-0.15, -0.1) is 0 Å². The number of hydrogen-bond donors (Lipinski definition) is 2. The monoisotopic (exact) mass is 276 g/mol. The lowest BCUT2D eigenvalue weighted by atomic mass is 10.2. The van der Waals surface area contributed by atoms with E-state index in [0.717, 1.165) is 20.9 Å². The molecule has 0 aliphatic carbocycles. The van der Waals surface area contributed by atoms with Crippen LogP contribution in [-0.2, 0) is 13.2 Å². The van der Waals surface area contributed by atoms with E-state index in [1.807, 2.05) is 24.3 Å². The number of aliphatic hydroxyl groups excluding tert-OH is 2. The van der Waals surface area contributed by atoms with Crippen molar-refractivity contribution in [2.24, 2.45) is 0 Å². The Labute approximate surface area is 114 Å². The summed E-state index contributed by atoms with van der Waals surface area (Å²) in [7, 11) is 0. The second kappa shape index (κ2) is 4.97. The van der Waals surface area contributed by atoms with E-state index in [4.69, 9.17) is 0 Å². The van der Waals surface area contributed by atoms with Crippen molar-refractivity contribution < 1.29 is 10.2 Å². The van der Waals surface area contributed by atoms with Crippen molar-refractivity contribution in [3.05, 3.63) is 47.5 Å². The smallest absolute Gasteiger partial charge is 0.0693 e. The summed E-state index contributed by atoms with van der Waals surface area (Å²) in [5.41, 5.74) is 1.90. The number of benzene rings is 2. The molecule has 92 valence electrons. The molecule has 0 spiro atoms. The van der Waals surface area contributed by atoms with E-state index in [1.54, 1.807) is 23.5 Å². The van der Waals surface area contributed by atoms with Crippen LogP contribution in [0.4, 0.5) is 0 Å². The first-order valence-electron chi connectivity index (χ1n) is 5.64. The molecule has 0 fully saturated rings. The van der Waals surface area contributed by atoms with Gasteiger partial charge in [-0.1, -0.05) is 47.8 Å². The van der Waals surface area contributed by atoms with Crippen molar-refractivity contribution in [1.82, 2.24) is 0 Å². The van der Waals surface area contributed by atoms with Crippen LogP contribution in [0.15, 0.2) is 56.0 Å². The minimum absolute atomic E-state index is 0.0490. The topological polar surface area (TPSA) is 40.5 Å². The Morgan fingerprint density at radius 1 is 0.722 bits per heavy atom. The highest BCUT2D eigenvalue weighted by molar-refractivity contribution is 8.05. The number of fused-ring (bicyclic) bond motifs is 2. The summed E-state index contributed by atoms with van der Waals surface area (Å²) in [5, 5.41) is 18.8. The second-order valence-electron chi connectivity index (χ2n) is 4.01. The molecule has 0 radical (unpaired) electrons. The van der Waals surface area contributed by atoms with Gasteiger partial charge in [-0.3, -0.25) is 0 Å². The lowest BCUT2D eigenvalue weighted by Crippen LogP contribution is -1.98. The molecule has 1 aliphatic rings. The highest BCUT2D eigenvalue weighted by Crippen LogP contribution is 2.50. The molecule has 2 nitrogen and oxygen atoms in total. The molecule has 2 aromatic carbocycles. The van der Waals surface area contributed by atoms with Crippen LogP contribution in [0.1, 0.15) is 11.1 Å². The van der Waals surface area contributed by atoms with E-state index in [9.17, 15) is 10.2 Å². The lowest BCUT2D eigenvalue weighted by Gasteiger charge is -2.22. The molecular weight excluding hydrogens is 264 g/mol. The lowest BCUT2D eigenvalue weighted by molar-refractivity contribution is 0.277. The molecule has 0 atom stereocenters. The van der Waals surface area contributed by atoms with E-state index in [2.05, 4.69) is 12.1 Å². The zero-order valence-corrected chi connectivity index (χ0v) is 11.2. The Morgan fingerprint density at radius 3 is 1.67 bits per heavy atom. The number of hydrogen-bond acceptors (Lipinski definition) is 4. The summed E-state index contributed by atoms with van der Waals surface area (Å²) in [5.74, 6) is 0. The fourth-order valence-electron chi connectivity index (χ4n) is 1.98. The Morgan fingerprint density at radius 2 is 1.22 bits per heavy atom. The molecule has 18 heavy (non-hydrogen) atoms. The van der Waals surface area contributed by atoms with Gasteiger partial charge in [0.15, 0.2) is 0 Å². The summed E-state index contributed by atoms with van der Waals surface area (Å²) in [6, 6.07) is 12.0. The van der Waals surface area contributed by atoms with Crippen molar-refractivity contribution in [1.29, 1.82) is 0 Å². The highest BCUT2D eigenvalue weighted by atomic mass is 32.2. The van der Waals surface area contributed by atoms with Gasteiger partial charge in [0.1, 0.15) is 0 Å².